The van der Waals surface area contributed by atoms with Crippen molar-refractivity contribution < 1.29 is 0 Å². The van der Waals surface area contributed by atoms with Gasteiger partial charge in [0.15, 0.2) is 5.96 Å². The minimum Gasteiger partial charge on any atom is -0.363 e. The molecule has 2 rings (SSSR count). The Hall–Kier alpha value is -2.27. The molecule has 1 aromatic carbocycles. The van der Waals surface area contributed by atoms with E-state index in [2.05, 4.69) is 26.3 Å². The molecule has 0 aliphatic rings. The van der Waals surface area contributed by atoms with E-state index in [1.54, 1.807) is 7.05 Å². The van der Waals surface area contributed by atoms with Crippen LogP contribution in [0.3, 0.4) is 0 Å². The SMILES string of the molecule is CN=C(NCc1ccnc(N(C)C)c1)N(C)Cc1ccccc1Cl. The summed E-state index contributed by atoms with van der Waals surface area (Å²) in [6, 6.07) is 11.9. The number of benzene rings is 1. The number of nitrogens with one attached hydrogen (secondary N) is 1. The average Bonchev–Trinajstić information content (AvgIpc) is 2.57. The molecule has 2 aromatic rings. The van der Waals surface area contributed by atoms with Gasteiger partial charge in [0, 0.05) is 52.5 Å². The highest BCUT2D eigenvalue weighted by atomic mass is 35.5. The van der Waals surface area contributed by atoms with E-state index in [4.69, 9.17) is 11.6 Å². The first-order valence-electron chi connectivity index (χ1n) is 7.78. The Balaban J connectivity index is 1.99. The van der Waals surface area contributed by atoms with Crippen molar-refractivity contribution in [2.75, 3.05) is 33.1 Å². The van der Waals surface area contributed by atoms with Gasteiger partial charge in [0.2, 0.25) is 0 Å². The second-order valence-electron chi connectivity index (χ2n) is 5.76. The van der Waals surface area contributed by atoms with Gasteiger partial charge in [-0.25, -0.2) is 4.98 Å². The van der Waals surface area contributed by atoms with Crippen LogP contribution in [0.15, 0.2) is 47.6 Å². The van der Waals surface area contributed by atoms with Crippen LogP contribution >= 0.6 is 11.6 Å². The normalized spacial score (nSPS) is 11.3. The quantitative estimate of drug-likeness (QED) is 0.668. The first-order valence-corrected chi connectivity index (χ1v) is 8.16. The predicted octanol–water partition coefficient (Wildman–Crippen LogP) is 3.01. The van der Waals surface area contributed by atoms with Crippen molar-refractivity contribution in [3.05, 3.63) is 58.7 Å². The van der Waals surface area contributed by atoms with Crippen molar-refractivity contribution in [2.45, 2.75) is 13.1 Å². The number of nitrogens with zero attached hydrogens (tertiary/aromatic N) is 4. The first kappa shape index (κ1) is 18.1. The lowest BCUT2D eigenvalue weighted by molar-refractivity contribution is 0.476. The van der Waals surface area contributed by atoms with E-state index in [0.29, 0.717) is 13.1 Å². The molecule has 0 atom stereocenters. The van der Waals surface area contributed by atoms with Crippen molar-refractivity contribution in [2.24, 2.45) is 4.99 Å². The zero-order valence-corrected chi connectivity index (χ0v) is 15.4. The summed E-state index contributed by atoms with van der Waals surface area (Å²) in [5.74, 6) is 1.76. The largest absolute Gasteiger partial charge is 0.363 e. The molecule has 24 heavy (non-hydrogen) atoms. The van der Waals surface area contributed by atoms with Crippen LogP contribution in [0.25, 0.3) is 0 Å². The zero-order chi connectivity index (χ0) is 17.5. The Morgan fingerprint density at radius 1 is 1.21 bits per heavy atom. The van der Waals surface area contributed by atoms with Crippen molar-refractivity contribution >= 4 is 23.4 Å². The fraction of sp³-hybridized carbons (Fsp3) is 0.333. The molecule has 0 saturated carbocycles. The summed E-state index contributed by atoms with van der Waals surface area (Å²) in [7, 11) is 7.74. The second-order valence-corrected chi connectivity index (χ2v) is 6.17. The van der Waals surface area contributed by atoms with Crippen LogP contribution in [0.5, 0.6) is 0 Å². The number of hydrogen-bond acceptors (Lipinski definition) is 3. The average molecular weight is 346 g/mol. The topological polar surface area (TPSA) is 43.8 Å². The molecule has 0 radical (unpaired) electrons. The molecule has 1 aromatic heterocycles. The maximum absolute atomic E-state index is 6.24. The molecule has 1 heterocycles. The maximum Gasteiger partial charge on any atom is 0.193 e. The molecule has 0 amide bonds. The number of rotatable bonds is 5. The van der Waals surface area contributed by atoms with E-state index in [0.717, 1.165) is 27.9 Å². The van der Waals surface area contributed by atoms with Gasteiger partial charge in [-0.05, 0) is 29.3 Å². The Morgan fingerprint density at radius 3 is 2.62 bits per heavy atom. The molecule has 1 N–H and O–H groups in total. The summed E-state index contributed by atoms with van der Waals surface area (Å²) < 4.78 is 0. The maximum atomic E-state index is 6.24. The monoisotopic (exact) mass is 345 g/mol. The summed E-state index contributed by atoms with van der Waals surface area (Å²) in [6.45, 7) is 1.38. The highest BCUT2D eigenvalue weighted by Crippen LogP contribution is 2.16. The minimum absolute atomic E-state index is 0.683. The molecule has 0 aliphatic carbocycles. The first-order chi connectivity index (χ1) is 11.5. The van der Waals surface area contributed by atoms with E-state index >= 15 is 0 Å². The zero-order valence-electron chi connectivity index (χ0n) is 14.6. The van der Waals surface area contributed by atoms with Gasteiger partial charge in [-0.1, -0.05) is 29.8 Å². The number of pyridine rings is 1. The number of aromatic nitrogens is 1. The van der Waals surface area contributed by atoms with E-state index in [1.807, 2.05) is 62.6 Å². The number of anilines is 1. The van der Waals surface area contributed by atoms with Crippen molar-refractivity contribution in [1.82, 2.24) is 15.2 Å². The lowest BCUT2D eigenvalue weighted by Crippen LogP contribution is -2.38. The van der Waals surface area contributed by atoms with Crippen LogP contribution in [0.1, 0.15) is 11.1 Å². The Labute approximate surface area is 149 Å². The number of aliphatic imine (C=N–C) groups is 1. The van der Waals surface area contributed by atoms with E-state index < -0.39 is 0 Å². The van der Waals surface area contributed by atoms with Gasteiger partial charge in [-0.15, -0.1) is 0 Å². The molecule has 128 valence electrons. The van der Waals surface area contributed by atoms with Crippen molar-refractivity contribution in [3.63, 3.8) is 0 Å². The van der Waals surface area contributed by atoms with Gasteiger partial charge in [0.25, 0.3) is 0 Å². The fourth-order valence-electron chi connectivity index (χ4n) is 2.34. The third kappa shape index (κ3) is 4.86. The van der Waals surface area contributed by atoms with Crippen LogP contribution in [-0.2, 0) is 13.1 Å². The number of hydrogen-bond donors (Lipinski definition) is 1. The smallest absolute Gasteiger partial charge is 0.193 e. The Kier molecular flexibility index (Phi) is 6.44. The number of guanidine groups is 1. The summed E-state index contributed by atoms with van der Waals surface area (Å²) in [5, 5.41) is 4.15. The molecule has 0 spiro atoms. The highest BCUT2D eigenvalue weighted by Gasteiger charge is 2.09. The summed E-state index contributed by atoms with van der Waals surface area (Å²) in [5.41, 5.74) is 2.23. The molecule has 0 aliphatic heterocycles. The van der Waals surface area contributed by atoms with E-state index in [-0.39, 0.29) is 0 Å². The minimum atomic E-state index is 0.683. The standard InChI is InChI=1S/C18H24ClN5/c1-20-18(24(4)13-15-7-5-6-8-16(15)19)22-12-14-9-10-21-17(11-14)23(2)3/h5-11H,12-13H2,1-4H3,(H,20,22). The van der Waals surface area contributed by atoms with Gasteiger partial charge in [-0.3, -0.25) is 4.99 Å². The molecule has 0 unspecified atom stereocenters. The third-order valence-electron chi connectivity index (χ3n) is 3.66. The fourth-order valence-corrected chi connectivity index (χ4v) is 2.53. The molecular weight excluding hydrogens is 322 g/mol. The van der Waals surface area contributed by atoms with Crippen LogP contribution in [0.4, 0.5) is 5.82 Å². The lowest BCUT2D eigenvalue weighted by Gasteiger charge is -2.23. The van der Waals surface area contributed by atoms with Crippen molar-refractivity contribution in [3.8, 4) is 0 Å². The predicted molar refractivity (Wildman–Crippen MR) is 102 cm³/mol. The van der Waals surface area contributed by atoms with Crippen LogP contribution in [0.2, 0.25) is 5.02 Å². The lowest BCUT2D eigenvalue weighted by atomic mass is 10.2. The summed E-state index contributed by atoms with van der Waals surface area (Å²) >= 11 is 6.24. The van der Waals surface area contributed by atoms with Crippen LogP contribution in [0, 0.1) is 0 Å². The molecular formula is C18H24ClN5. The molecule has 6 heteroatoms. The Bertz CT molecular complexity index is 699. The summed E-state index contributed by atoms with van der Waals surface area (Å²) in [6.07, 6.45) is 1.82. The Morgan fingerprint density at radius 2 is 1.96 bits per heavy atom. The van der Waals surface area contributed by atoms with Crippen LogP contribution < -0.4 is 10.2 Å². The molecule has 5 nitrogen and oxygen atoms in total. The molecule has 0 saturated heterocycles. The van der Waals surface area contributed by atoms with Crippen molar-refractivity contribution in [1.29, 1.82) is 0 Å². The molecule has 0 fully saturated rings. The van der Waals surface area contributed by atoms with E-state index in [1.165, 1.54) is 0 Å². The van der Waals surface area contributed by atoms with E-state index in [9.17, 15) is 0 Å². The van der Waals surface area contributed by atoms with Gasteiger partial charge in [-0.2, -0.15) is 0 Å². The van der Waals surface area contributed by atoms with Gasteiger partial charge in [0.1, 0.15) is 5.82 Å². The highest BCUT2D eigenvalue weighted by molar-refractivity contribution is 6.31. The van der Waals surface area contributed by atoms with Gasteiger partial charge >= 0.3 is 0 Å². The number of halogens is 1. The second kappa shape index (κ2) is 8.55. The third-order valence-corrected chi connectivity index (χ3v) is 4.03. The summed E-state index contributed by atoms with van der Waals surface area (Å²) in [4.78, 5) is 12.7. The van der Waals surface area contributed by atoms with Gasteiger partial charge < -0.3 is 15.1 Å². The molecule has 0 bridgehead atoms. The van der Waals surface area contributed by atoms with Gasteiger partial charge in [0.05, 0.1) is 0 Å². The van der Waals surface area contributed by atoms with Crippen LogP contribution in [-0.4, -0.2) is 44.0 Å².